The molecule has 0 amide bonds. The van der Waals surface area contributed by atoms with Crippen LogP contribution in [0.1, 0.15) is 18.5 Å². The zero-order valence-electron chi connectivity index (χ0n) is 13.7. The van der Waals surface area contributed by atoms with Crippen LogP contribution < -0.4 is 26.2 Å². The first kappa shape index (κ1) is 16.5. The van der Waals surface area contributed by atoms with Crippen LogP contribution in [0.3, 0.4) is 0 Å². The molecule has 3 N–H and O–H groups in total. The predicted molar refractivity (Wildman–Crippen MR) is 95.6 cm³/mol. The average Bonchev–Trinajstić information content (AvgIpc) is 2.64. The Kier molecular flexibility index (Phi) is 4.38. The first-order valence-corrected chi connectivity index (χ1v) is 7.64. The number of aromatic nitrogens is 1. The van der Waals surface area contributed by atoms with Crippen molar-refractivity contribution in [2.75, 3.05) is 17.7 Å². The van der Waals surface area contributed by atoms with E-state index in [4.69, 9.17) is 4.74 Å². The molecule has 7 nitrogen and oxygen atoms in total. The van der Waals surface area contributed by atoms with Gasteiger partial charge < -0.3 is 20.5 Å². The van der Waals surface area contributed by atoms with E-state index in [1.807, 2.05) is 6.92 Å². The molecule has 0 saturated heterocycles. The second-order valence-corrected chi connectivity index (χ2v) is 5.60. The molecular weight excluding hydrogens is 322 g/mol. The maximum Gasteiger partial charge on any atom is 0.253 e. The van der Waals surface area contributed by atoms with Gasteiger partial charge in [-0.1, -0.05) is 0 Å². The Bertz CT molecular complexity index is 962. The van der Waals surface area contributed by atoms with Gasteiger partial charge in [0.25, 0.3) is 10.9 Å². The summed E-state index contributed by atoms with van der Waals surface area (Å²) in [6, 6.07) is 7.89. The Labute approximate surface area is 143 Å². The Hall–Kier alpha value is -3.35. The van der Waals surface area contributed by atoms with E-state index in [2.05, 4.69) is 15.6 Å². The first-order chi connectivity index (χ1) is 12.0. The van der Waals surface area contributed by atoms with Crippen molar-refractivity contribution in [1.29, 1.82) is 0 Å². The van der Waals surface area contributed by atoms with Crippen LogP contribution in [0.5, 0.6) is 11.5 Å². The molecule has 1 unspecified atom stereocenters. The summed E-state index contributed by atoms with van der Waals surface area (Å²) in [6.45, 7) is 1.82. The second-order valence-electron chi connectivity index (χ2n) is 5.60. The standard InChI is InChI=1S/C18H17N3O4/c1-10(11-7-13(22)9-14(8-11)25-2)20-15-16(18(24)17(15)23)21-12-3-5-19-6-4-12/h3-10,20,22H,1-2H3,(H,19,21). The number of hydrogen-bond acceptors (Lipinski definition) is 7. The van der Waals surface area contributed by atoms with Crippen molar-refractivity contribution in [3.05, 3.63) is 68.7 Å². The van der Waals surface area contributed by atoms with Crippen LogP contribution in [-0.4, -0.2) is 17.2 Å². The molecule has 0 radical (unpaired) electrons. The molecule has 0 fully saturated rings. The smallest absolute Gasteiger partial charge is 0.253 e. The van der Waals surface area contributed by atoms with Crippen molar-refractivity contribution in [3.8, 4) is 11.5 Å². The summed E-state index contributed by atoms with van der Waals surface area (Å²) in [4.78, 5) is 27.7. The van der Waals surface area contributed by atoms with E-state index < -0.39 is 10.9 Å². The van der Waals surface area contributed by atoms with Gasteiger partial charge in [-0.2, -0.15) is 0 Å². The van der Waals surface area contributed by atoms with E-state index in [0.717, 1.165) is 5.56 Å². The van der Waals surface area contributed by atoms with Gasteiger partial charge in [-0.15, -0.1) is 0 Å². The number of hydrogen-bond donors (Lipinski definition) is 3. The summed E-state index contributed by atoms with van der Waals surface area (Å²) in [7, 11) is 1.50. The molecule has 1 atom stereocenters. The number of anilines is 3. The third kappa shape index (κ3) is 3.30. The molecular formula is C18H17N3O4. The maximum atomic E-state index is 11.9. The maximum absolute atomic E-state index is 11.9. The molecule has 0 aliphatic heterocycles. The molecule has 25 heavy (non-hydrogen) atoms. The molecule has 1 aromatic heterocycles. The Balaban J connectivity index is 1.84. The number of ether oxygens (including phenoxy) is 1. The fraction of sp³-hybridized carbons (Fsp3) is 0.167. The Morgan fingerprint density at radius 2 is 1.76 bits per heavy atom. The molecule has 3 rings (SSSR count). The molecule has 1 heterocycles. The number of aromatic hydroxyl groups is 1. The molecule has 2 aromatic carbocycles. The van der Waals surface area contributed by atoms with Crippen LogP contribution in [0.4, 0.5) is 17.1 Å². The average molecular weight is 339 g/mol. The summed E-state index contributed by atoms with van der Waals surface area (Å²) in [5.74, 6) is 0.562. The van der Waals surface area contributed by atoms with Gasteiger partial charge in [-0.05, 0) is 36.8 Å². The minimum absolute atomic E-state index is 0.0584. The monoisotopic (exact) mass is 339 g/mol. The molecule has 7 heteroatoms. The molecule has 0 saturated carbocycles. The highest BCUT2D eigenvalue weighted by molar-refractivity contribution is 5.78. The van der Waals surface area contributed by atoms with Gasteiger partial charge in [0.05, 0.1) is 7.11 Å². The van der Waals surface area contributed by atoms with E-state index in [1.165, 1.54) is 13.2 Å². The van der Waals surface area contributed by atoms with Crippen LogP contribution in [0.25, 0.3) is 0 Å². The lowest BCUT2D eigenvalue weighted by atomic mass is 10.1. The lowest BCUT2D eigenvalue weighted by Crippen LogP contribution is -2.37. The summed E-state index contributed by atoms with van der Waals surface area (Å²) in [5.41, 5.74) is 0.680. The number of nitrogens with zero attached hydrogens (tertiary/aromatic N) is 1. The lowest BCUT2D eigenvalue weighted by molar-refractivity contribution is 0.406. The van der Waals surface area contributed by atoms with Gasteiger partial charge in [0.15, 0.2) is 0 Å². The van der Waals surface area contributed by atoms with Crippen LogP contribution in [0.15, 0.2) is 52.3 Å². The number of benzene rings is 1. The Morgan fingerprint density at radius 1 is 1.08 bits per heavy atom. The molecule has 0 spiro atoms. The van der Waals surface area contributed by atoms with Crippen molar-refractivity contribution in [1.82, 2.24) is 4.98 Å². The summed E-state index contributed by atoms with van der Waals surface area (Å²) >= 11 is 0. The number of phenols is 1. The van der Waals surface area contributed by atoms with Gasteiger partial charge in [-0.25, -0.2) is 0 Å². The zero-order valence-corrected chi connectivity index (χ0v) is 13.7. The normalized spacial score (nSPS) is 11.9. The van der Waals surface area contributed by atoms with E-state index in [1.54, 1.807) is 36.7 Å². The van der Waals surface area contributed by atoms with E-state index in [0.29, 0.717) is 11.4 Å². The molecule has 128 valence electrons. The second kappa shape index (κ2) is 6.64. The van der Waals surface area contributed by atoms with Crippen molar-refractivity contribution in [2.24, 2.45) is 0 Å². The number of methoxy groups -OCH3 is 1. The first-order valence-electron chi connectivity index (χ1n) is 7.64. The quantitative estimate of drug-likeness (QED) is 0.592. The molecule has 0 aliphatic rings. The largest absolute Gasteiger partial charge is 0.508 e. The third-order valence-corrected chi connectivity index (χ3v) is 3.87. The van der Waals surface area contributed by atoms with Crippen LogP contribution in [-0.2, 0) is 0 Å². The SMILES string of the molecule is COc1cc(O)cc(C(C)Nc2c(Nc3ccncc3)c(=O)c2=O)c1. The van der Waals surface area contributed by atoms with Crippen LogP contribution in [0.2, 0.25) is 0 Å². The van der Waals surface area contributed by atoms with Crippen molar-refractivity contribution < 1.29 is 9.84 Å². The summed E-state index contributed by atoms with van der Waals surface area (Å²) in [5, 5.41) is 15.7. The highest BCUT2D eigenvalue weighted by Gasteiger charge is 2.23. The van der Waals surface area contributed by atoms with Crippen molar-refractivity contribution in [2.45, 2.75) is 13.0 Å². The van der Waals surface area contributed by atoms with Gasteiger partial charge in [0.2, 0.25) is 0 Å². The fourth-order valence-corrected chi connectivity index (χ4v) is 2.50. The lowest BCUT2D eigenvalue weighted by Gasteiger charge is -2.20. The Morgan fingerprint density at radius 3 is 2.44 bits per heavy atom. The molecule has 0 bridgehead atoms. The van der Waals surface area contributed by atoms with Crippen LogP contribution >= 0.6 is 0 Å². The van der Waals surface area contributed by atoms with E-state index in [9.17, 15) is 14.7 Å². The summed E-state index contributed by atoms with van der Waals surface area (Å²) in [6.07, 6.45) is 3.17. The minimum Gasteiger partial charge on any atom is -0.508 e. The van der Waals surface area contributed by atoms with Crippen molar-refractivity contribution >= 4 is 17.1 Å². The number of rotatable bonds is 6. The highest BCUT2D eigenvalue weighted by atomic mass is 16.5. The topological polar surface area (TPSA) is 101 Å². The third-order valence-electron chi connectivity index (χ3n) is 3.87. The van der Waals surface area contributed by atoms with E-state index in [-0.39, 0.29) is 23.2 Å². The van der Waals surface area contributed by atoms with Gasteiger partial charge >= 0.3 is 0 Å². The number of nitrogens with one attached hydrogen (secondary N) is 2. The summed E-state index contributed by atoms with van der Waals surface area (Å²) < 4.78 is 5.13. The van der Waals surface area contributed by atoms with Gasteiger partial charge in [-0.3, -0.25) is 14.6 Å². The van der Waals surface area contributed by atoms with Crippen molar-refractivity contribution in [3.63, 3.8) is 0 Å². The predicted octanol–water partition coefficient (Wildman–Crippen LogP) is 2.31. The van der Waals surface area contributed by atoms with Gasteiger partial charge in [0, 0.05) is 30.2 Å². The molecule has 0 aliphatic carbocycles. The van der Waals surface area contributed by atoms with Crippen LogP contribution in [0, 0.1) is 0 Å². The molecule has 3 aromatic rings. The number of phenolic OH excluding ortho intramolecular Hbond substituents is 1. The van der Waals surface area contributed by atoms with E-state index >= 15 is 0 Å². The highest BCUT2D eigenvalue weighted by Crippen LogP contribution is 2.29. The fourth-order valence-electron chi connectivity index (χ4n) is 2.50. The minimum atomic E-state index is -0.574. The van der Waals surface area contributed by atoms with Gasteiger partial charge in [0.1, 0.15) is 22.9 Å². The number of pyridine rings is 1. The zero-order chi connectivity index (χ0) is 18.0.